The number of hydrogen-bond acceptors (Lipinski definition) is 2. The van der Waals surface area contributed by atoms with Gasteiger partial charge in [0.05, 0.1) is 11.4 Å². The first kappa shape index (κ1) is 35.1. The van der Waals surface area contributed by atoms with E-state index in [4.69, 9.17) is 0 Å². The van der Waals surface area contributed by atoms with E-state index in [1.165, 1.54) is 96.0 Å². The van der Waals surface area contributed by atoms with Gasteiger partial charge in [-0.25, -0.2) is 0 Å². The van der Waals surface area contributed by atoms with Crippen molar-refractivity contribution in [3.05, 3.63) is 191 Å². The van der Waals surface area contributed by atoms with Gasteiger partial charge in [-0.1, -0.05) is 160 Å². The highest BCUT2D eigenvalue weighted by molar-refractivity contribution is 6.09. The molecule has 0 fully saturated rings. The second kappa shape index (κ2) is 14.3. The quantitative estimate of drug-likeness (QED) is 0.131. The van der Waals surface area contributed by atoms with Crippen molar-refractivity contribution in [3.8, 4) is 11.1 Å². The highest BCUT2D eigenvalue weighted by Gasteiger charge is 2.36. The first-order chi connectivity index (χ1) is 27.9. The Morgan fingerprint density at radius 3 is 1.96 bits per heavy atom. The van der Waals surface area contributed by atoms with Crippen LogP contribution < -0.4 is 9.80 Å². The van der Waals surface area contributed by atoms with E-state index in [1.54, 1.807) is 0 Å². The van der Waals surface area contributed by atoms with Gasteiger partial charge in [0.25, 0.3) is 0 Å². The zero-order chi connectivity index (χ0) is 38.5. The molecule has 2 heterocycles. The minimum absolute atomic E-state index is 0.0739. The molecule has 10 rings (SSSR count). The van der Waals surface area contributed by atoms with E-state index < -0.39 is 0 Å². The summed E-state index contributed by atoms with van der Waals surface area (Å²) in [6, 6.07) is 49.8. The maximum atomic E-state index is 2.55. The monoisotopic (exact) mass is 736 g/mol. The Kier molecular flexibility index (Phi) is 8.79. The van der Waals surface area contributed by atoms with E-state index in [9.17, 15) is 0 Å². The predicted molar refractivity (Wildman–Crippen MR) is 247 cm³/mol. The molecule has 7 aromatic carbocycles. The predicted octanol–water partition coefficient (Wildman–Crippen LogP) is 14.8. The first-order valence-electron chi connectivity index (χ1n) is 20.6. The van der Waals surface area contributed by atoms with Gasteiger partial charge in [0.15, 0.2) is 0 Å². The molecule has 1 atom stereocenters. The normalized spacial score (nSPS) is 17.1. The molecule has 0 saturated carbocycles. The summed E-state index contributed by atoms with van der Waals surface area (Å²) in [6.07, 6.45) is 20.5. The molecule has 0 saturated heterocycles. The second-order valence-electron chi connectivity index (χ2n) is 16.6. The van der Waals surface area contributed by atoms with Gasteiger partial charge >= 0.3 is 0 Å². The zero-order valence-electron chi connectivity index (χ0n) is 33.1. The van der Waals surface area contributed by atoms with Crippen LogP contribution >= 0.6 is 0 Å². The lowest BCUT2D eigenvalue weighted by atomic mass is 9.81. The van der Waals surface area contributed by atoms with Gasteiger partial charge in [0.1, 0.15) is 0 Å². The molecule has 0 radical (unpaired) electrons. The van der Waals surface area contributed by atoms with Crippen molar-refractivity contribution >= 4 is 68.6 Å². The lowest BCUT2D eigenvalue weighted by molar-refractivity contribution is 0.598. The lowest BCUT2D eigenvalue weighted by Crippen LogP contribution is -2.25. The van der Waals surface area contributed by atoms with Crippen LogP contribution in [0.15, 0.2) is 158 Å². The molecule has 0 spiro atoms. The number of nitrogens with zero attached hydrogens (tertiary/aromatic N) is 2. The summed E-state index contributed by atoms with van der Waals surface area (Å²) in [6.45, 7) is 9.12. The molecular formula is C55H48N2. The molecule has 7 aromatic rings. The first-order valence-corrected chi connectivity index (χ1v) is 20.6. The summed E-state index contributed by atoms with van der Waals surface area (Å²) in [5, 5.41) is 5.03. The minimum Gasteiger partial charge on any atom is -0.368 e. The van der Waals surface area contributed by atoms with Crippen LogP contribution in [0, 0.1) is 5.92 Å². The molecule has 1 aliphatic carbocycles. The number of hydrogen-bond donors (Lipinski definition) is 0. The Morgan fingerprint density at radius 1 is 0.596 bits per heavy atom. The van der Waals surface area contributed by atoms with Gasteiger partial charge in [0.2, 0.25) is 0 Å². The average Bonchev–Trinajstić information content (AvgIpc) is 3.34. The van der Waals surface area contributed by atoms with Crippen LogP contribution in [0.25, 0.3) is 57.0 Å². The molecule has 57 heavy (non-hydrogen) atoms. The van der Waals surface area contributed by atoms with Gasteiger partial charge in [-0.15, -0.1) is 0 Å². The summed E-state index contributed by atoms with van der Waals surface area (Å²) in [4.78, 5) is 4.94. The Morgan fingerprint density at radius 2 is 1.21 bits per heavy atom. The maximum absolute atomic E-state index is 2.55. The molecule has 0 aromatic heterocycles. The van der Waals surface area contributed by atoms with Crippen molar-refractivity contribution in [2.24, 2.45) is 5.92 Å². The fourth-order valence-corrected chi connectivity index (χ4v) is 9.35. The van der Waals surface area contributed by atoms with E-state index >= 15 is 0 Å². The highest BCUT2D eigenvalue weighted by Crippen LogP contribution is 2.50. The molecule has 0 N–H and O–H groups in total. The number of para-hydroxylation sites is 2. The van der Waals surface area contributed by atoms with Crippen LogP contribution in [-0.2, 0) is 5.41 Å². The SMILES string of the molecule is CC1C=CC=CCN(c2ccc3c(c2)C(C)(C)c2cc(C=Cc4ccc5c(ccc6cc(N7c8ccccc8C=Cc8ccccc87)ccc65)c4)ccc2-3)CCC1. The van der Waals surface area contributed by atoms with Crippen LogP contribution in [0.3, 0.4) is 0 Å². The fraction of sp³-hybridized carbons (Fsp3) is 0.164. The Labute approximate surface area is 337 Å². The van der Waals surface area contributed by atoms with Crippen molar-refractivity contribution in [1.29, 1.82) is 0 Å². The third-order valence-electron chi connectivity index (χ3n) is 12.5. The number of allylic oxidation sites excluding steroid dienone is 3. The van der Waals surface area contributed by atoms with Crippen LogP contribution in [0.5, 0.6) is 0 Å². The number of rotatable bonds is 4. The molecule has 0 amide bonds. The van der Waals surface area contributed by atoms with Gasteiger partial charge in [-0.05, 0) is 127 Å². The smallest absolute Gasteiger partial charge is 0.0534 e. The van der Waals surface area contributed by atoms with Crippen molar-refractivity contribution in [2.75, 3.05) is 22.9 Å². The van der Waals surface area contributed by atoms with Crippen molar-refractivity contribution in [3.63, 3.8) is 0 Å². The summed E-state index contributed by atoms with van der Waals surface area (Å²) in [7, 11) is 0. The van der Waals surface area contributed by atoms with Gasteiger partial charge in [-0.2, -0.15) is 0 Å². The molecule has 1 unspecified atom stereocenters. The molecule has 2 aliphatic heterocycles. The number of benzene rings is 7. The third-order valence-corrected chi connectivity index (χ3v) is 12.5. The average molecular weight is 737 g/mol. The van der Waals surface area contributed by atoms with Gasteiger partial charge in [0, 0.05) is 29.9 Å². The molecule has 278 valence electrons. The van der Waals surface area contributed by atoms with Crippen molar-refractivity contribution < 1.29 is 0 Å². The van der Waals surface area contributed by atoms with Crippen LogP contribution in [-0.4, -0.2) is 13.1 Å². The number of anilines is 4. The number of fused-ring (bicyclic) bond motifs is 8. The van der Waals surface area contributed by atoms with Crippen LogP contribution in [0.4, 0.5) is 22.7 Å². The lowest BCUT2D eigenvalue weighted by Gasteiger charge is -2.27. The van der Waals surface area contributed by atoms with Gasteiger partial charge < -0.3 is 9.80 Å². The van der Waals surface area contributed by atoms with E-state index in [0.717, 1.165) is 18.8 Å². The van der Waals surface area contributed by atoms with Crippen LogP contribution in [0.1, 0.15) is 67.0 Å². The molecule has 2 heteroatoms. The molecule has 2 nitrogen and oxygen atoms in total. The summed E-state index contributed by atoms with van der Waals surface area (Å²) in [5.41, 5.74) is 15.2. The highest BCUT2D eigenvalue weighted by atomic mass is 15.1. The molecule has 3 aliphatic rings. The summed E-state index contributed by atoms with van der Waals surface area (Å²) < 4.78 is 0. The third kappa shape index (κ3) is 6.40. The van der Waals surface area contributed by atoms with Crippen molar-refractivity contribution in [1.82, 2.24) is 0 Å². The van der Waals surface area contributed by atoms with E-state index in [-0.39, 0.29) is 5.41 Å². The van der Waals surface area contributed by atoms with E-state index in [0.29, 0.717) is 5.92 Å². The zero-order valence-corrected chi connectivity index (χ0v) is 33.1. The second-order valence-corrected chi connectivity index (χ2v) is 16.6. The standard InChI is InChI=1S/C55H48N2/c1-38-12-5-4-10-32-56(33-11-13-38)45-26-31-50-49-29-21-40(35-51(49)55(2,3)52(50)37-45)19-18-39-20-28-47-43(34-39)24-25-44-36-46(27-30-48(44)47)57-53-16-8-6-14-41(53)22-23-42-15-7-9-17-54(42)57/h4-10,12,14-31,34-38H,11,13,32-33H2,1-3H3. The maximum Gasteiger partial charge on any atom is 0.0534 e. The molecule has 0 bridgehead atoms. The van der Waals surface area contributed by atoms with E-state index in [1.807, 2.05) is 0 Å². The molecular weight excluding hydrogens is 689 g/mol. The van der Waals surface area contributed by atoms with Crippen LogP contribution in [0.2, 0.25) is 0 Å². The Hall–Kier alpha value is -6.38. The van der Waals surface area contributed by atoms with Gasteiger partial charge in [-0.3, -0.25) is 0 Å². The largest absolute Gasteiger partial charge is 0.368 e. The van der Waals surface area contributed by atoms with E-state index in [2.05, 4.69) is 213 Å². The summed E-state index contributed by atoms with van der Waals surface area (Å²) >= 11 is 0. The summed E-state index contributed by atoms with van der Waals surface area (Å²) in [5.74, 6) is 0.620. The Balaban J connectivity index is 0.915. The van der Waals surface area contributed by atoms with Crippen molar-refractivity contribution in [2.45, 2.75) is 39.0 Å². The Bertz CT molecular complexity index is 2760. The minimum atomic E-state index is -0.0739. The topological polar surface area (TPSA) is 6.48 Å². The fourth-order valence-electron chi connectivity index (χ4n) is 9.35.